The highest BCUT2D eigenvalue weighted by atomic mass is 35.5. The van der Waals surface area contributed by atoms with Crippen molar-refractivity contribution in [2.45, 2.75) is 38.8 Å². The quantitative estimate of drug-likeness (QED) is 0.205. The first-order valence-corrected chi connectivity index (χ1v) is 13.3. The third-order valence-corrected chi connectivity index (χ3v) is 8.33. The van der Waals surface area contributed by atoms with Crippen LogP contribution in [0.25, 0.3) is 15.9 Å². The number of anilines is 1. The highest BCUT2D eigenvalue weighted by molar-refractivity contribution is 7.99. The molecule has 0 atom stereocenters. The summed E-state index contributed by atoms with van der Waals surface area (Å²) in [6, 6.07) is 12.8. The van der Waals surface area contributed by atoms with Gasteiger partial charge in [0.25, 0.3) is 5.56 Å². The summed E-state index contributed by atoms with van der Waals surface area (Å²) in [6.07, 6.45) is 1.90. The maximum Gasteiger partial charge on any atom is 0.267 e. The van der Waals surface area contributed by atoms with Crippen molar-refractivity contribution in [3.63, 3.8) is 0 Å². The number of carbonyl (C=O) groups excluding carboxylic acids is 1. The molecule has 9 heteroatoms. The summed E-state index contributed by atoms with van der Waals surface area (Å²) in [5, 5.41) is 4.55. The number of fused-ring (bicyclic) bond motifs is 1. The molecule has 0 aliphatic carbocycles. The number of hydrogen-bond acceptors (Lipinski definition) is 5. The summed E-state index contributed by atoms with van der Waals surface area (Å²) < 4.78 is 1.61. The minimum absolute atomic E-state index is 0.0543. The van der Waals surface area contributed by atoms with Crippen molar-refractivity contribution >= 4 is 68.1 Å². The van der Waals surface area contributed by atoms with Gasteiger partial charge in [0, 0.05) is 4.88 Å². The summed E-state index contributed by atoms with van der Waals surface area (Å²) in [6.45, 7) is 6.08. The van der Waals surface area contributed by atoms with Crippen LogP contribution in [0.1, 0.15) is 29.3 Å². The van der Waals surface area contributed by atoms with Crippen molar-refractivity contribution < 1.29 is 4.79 Å². The average Bonchev–Trinajstić information content (AvgIpc) is 3.11. The molecule has 0 bridgehead atoms. The maximum atomic E-state index is 13.7. The number of aromatic nitrogens is 2. The van der Waals surface area contributed by atoms with Gasteiger partial charge in [-0.1, -0.05) is 66.5 Å². The van der Waals surface area contributed by atoms with Gasteiger partial charge in [0.05, 0.1) is 32.6 Å². The molecule has 0 aliphatic rings. The van der Waals surface area contributed by atoms with Crippen LogP contribution in [0.3, 0.4) is 0 Å². The predicted octanol–water partition coefficient (Wildman–Crippen LogP) is 7.05. The highest BCUT2D eigenvalue weighted by Gasteiger charge is 2.20. The Morgan fingerprint density at radius 2 is 1.94 bits per heavy atom. The van der Waals surface area contributed by atoms with Gasteiger partial charge in [0.2, 0.25) is 5.91 Å². The smallest absolute Gasteiger partial charge is 0.267 e. The van der Waals surface area contributed by atoms with Crippen LogP contribution < -0.4 is 10.9 Å². The van der Waals surface area contributed by atoms with E-state index < -0.39 is 0 Å². The first-order chi connectivity index (χ1) is 16.3. The molecule has 2 aromatic carbocycles. The molecule has 34 heavy (non-hydrogen) atoms. The second-order valence-corrected chi connectivity index (χ2v) is 10.7. The van der Waals surface area contributed by atoms with E-state index in [0.717, 1.165) is 29.7 Å². The standard InChI is InChI=1S/C25H23Cl2N3O2S2/c1-4-7-19-15(3)21-23(34-19)29-25(30(24(21)32)16-9-5-8-14(2)12-16)33-13-20(31)28-18-11-6-10-17(26)22(18)27/h5-6,8-12H,4,7,13H2,1-3H3,(H,28,31). The SMILES string of the molecule is CCCc1sc2nc(SCC(=O)Nc3cccc(Cl)c3Cl)n(-c3cccc(C)c3)c(=O)c2c1C. The minimum atomic E-state index is -0.270. The van der Waals surface area contributed by atoms with E-state index in [1.807, 2.05) is 38.1 Å². The van der Waals surface area contributed by atoms with Gasteiger partial charge in [0.1, 0.15) is 4.83 Å². The van der Waals surface area contributed by atoms with E-state index in [2.05, 4.69) is 12.2 Å². The molecule has 0 saturated carbocycles. The zero-order valence-electron chi connectivity index (χ0n) is 18.9. The zero-order valence-corrected chi connectivity index (χ0v) is 22.1. The van der Waals surface area contributed by atoms with Gasteiger partial charge in [-0.25, -0.2) is 4.98 Å². The Bertz CT molecular complexity index is 1450. The molecule has 2 aromatic heterocycles. The second kappa shape index (κ2) is 10.5. The van der Waals surface area contributed by atoms with Crippen LogP contribution in [0, 0.1) is 13.8 Å². The van der Waals surface area contributed by atoms with E-state index in [-0.39, 0.29) is 22.2 Å². The molecule has 0 saturated heterocycles. The molecule has 1 N–H and O–H groups in total. The lowest BCUT2D eigenvalue weighted by Crippen LogP contribution is -2.23. The van der Waals surface area contributed by atoms with Crippen LogP contribution in [0.5, 0.6) is 0 Å². The lowest BCUT2D eigenvalue weighted by molar-refractivity contribution is -0.113. The molecular weight excluding hydrogens is 509 g/mol. The number of nitrogens with zero attached hydrogens (tertiary/aromatic N) is 2. The zero-order chi connectivity index (χ0) is 24.4. The third-order valence-electron chi connectivity index (χ3n) is 5.33. The first-order valence-electron chi connectivity index (χ1n) is 10.8. The van der Waals surface area contributed by atoms with Gasteiger partial charge in [0.15, 0.2) is 5.16 Å². The van der Waals surface area contributed by atoms with Gasteiger partial charge >= 0.3 is 0 Å². The topological polar surface area (TPSA) is 64.0 Å². The van der Waals surface area contributed by atoms with Crippen molar-refractivity contribution in [2.24, 2.45) is 0 Å². The highest BCUT2D eigenvalue weighted by Crippen LogP contribution is 2.32. The summed E-state index contributed by atoms with van der Waals surface area (Å²) in [5.41, 5.74) is 3.07. The Morgan fingerprint density at radius 3 is 2.68 bits per heavy atom. The van der Waals surface area contributed by atoms with Gasteiger partial charge in [-0.3, -0.25) is 14.2 Å². The van der Waals surface area contributed by atoms with Gasteiger partial charge < -0.3 is 5.32 Å². The molecule has 2 heterocycles. The number of carbonyl (C=O) groups is 1. The lowest BCUT2D eigenvalue weighted by Gasteiger charge is -2.13. The molecular formula is C25H23Cl2N3O2S2. The Hall–Kier alpha value is -2.32. The van der Waals surface area contributed by atoms with Crippen LogP contribution >= 0.6 is 46.3 Å². The molecule has 0 fully saturated rings. The van der Waals surface area contributed by atoms with Crippen LogP contribution in [0.15, 0.2) is 52.4 Å². The fourth-order valence-corrected chi connectivity index (χ4v) is 6.16. The van der Waals surface area contributed by atoms with Crippen LogP contribution in [0.4, 0.5) is 5.69 Å². The number of aryl methyl sites for hydroxylation is 3. The van der Waals surface area contributed by atoms with Gasteiger partial charge in [-0.05, 0) is 55.7 Å². The number of halogens is 2. The van der Waals surface area contributed by atoms with Crippen molar-refractivity contribution in [3.05, 3.63) is 78.9 Å². The fraction of sp³-hybridized carbons (Fsp3) is 0.240. The molecule has 1 amide bonds. The molecule has 4 rings (SSSR count). The number of thiophene rings is 1. The van der Waals surface area contributed by atoms with E-state index in [1.165, 1.54) is 16.6 Å². The number of thioether (sulfide) groups is 1. The van der Waals surface area contributed by atoms with Crippen LogP contribution in [0.2, 0.25) is 10.0 Å². The third kappa shape index (κ3) is 5.03. The largest absolute Gasteiger partial charge is 0.324 e. The molecule has 0 spiro atoms. The van der Waals surface area contributed by atoms with Crippen molar-refractivity contribution in [3.8, 4) is 5.69 Å². The Kier molecular flexibility index (Phi) is 7.67. The van der Waals surface area contributed by atoms with Crippen molar-refractivity contribution in [2.75, 3.05) is 11.1 Å². The normalized spacial score (nSPS) is 11.2. The molecule has 4 aromatic rings. The molecule has 176 valence electrons. The fourth-order valence-electron chi connectivity index (χ4n) is 3.68. The van der Waals surface area contributed by atoms with Gasteiger partial charge in [-0.2, -0.15) is 0 Å². The van der Waals surface area contributed by atoms with E-state index in [0.29, 0.717) is 26.1 Å². The van der Waals surface area contributed by atoms with E-state index >= 15 is 0 Å². The number of amides is 1. The predicted molar refractivity (Wildman–Crippen MR) is 145 cm³/mol. The number of rotatable bonds is 7. The molecule has 0 unspecified atom stereocenters. The number of hydrogen-bond donors (Lipinski definition) is 1. The molecule has 5 nitrogen and oxygen atoms in total. The minimum Gasteiger partial charge on any atom is -0.324 e. The Morgan fingerprint density at radius 1 is 1.18 bits per heavy atom. The lowest BCUT2D eigenvalue weighted by atomic mass is 10.1. The van der Waals surface area contributed by atoms with E-state index in [9.17, 15) is 9.59 Å². The average molecular weight is 533 g/mol. The van der Waals surface area contributed by atoms with Gasteiger partial charge in [-0.15, -0.1) is 11.3 Å². The van der Waals surface area contributed by atoms with Crippen LogP contribution in [-0.4, -0.2) is 21.2 Å². The molecule has 0 radical (unpaired) electrons. The summed E-state index contributed by atoms with van der Waals surface area (Å²) in [5.74, 6) is -0.216. The summed E-state index contributed by atoms with van der Waals surface area (Å²) in [4.78, 5) is 33.1. The van der Waals surface area contributed by atoms with Crippen molar-refractivity contribution in [1.82, 2.24) is 9.55 Å². The maximum absolute atomic E-state index is 13.7. The van der Waals surface area contributed by atoms with Crippen LogP contribution in [-0.2, 0) is 11.2 Å². The molecule has 0 aliphatic heterocycles. The second-order valence-electron chi connectivity index (χ2n) is 7.89. The van der Waals surface area contributed by atoms with E-state index in [1.54, 1.807) is 34.1 Å². The number of nitrogens with one attached hydrogen (secondary N) is 1. The van der Waals surface area contributed by atoms with E-state index in [4.69, 9.17) is 28.2 Å². The monoisotopic (exact) mass is 531 g/mol. The summed E-state index contributed by atoms with van der Waals surface area (Å²) >= 11 is 15.0. The Balaban J connectivity index is 1.73. The number of benzene rings is 2. The first kappa shape index (κ1) is 24.8. The summed E-state index contributed by atoms with van der Waals surface area (Å²) in [7, 11) is 0. The van der Waals surface area contributed by atoms with Crippen molar-refractivity contribution in [1.29, 1.82) is 0 Å². The Labute approximate surface area is 216 Å².